The van der Waals surface area contributed by atoms with E-state index >= 15 is 0 Å². The molecule has 1 rings (SSSR count). The Hall–Kier alpha value is -1.38. The summed E-state index contributed by atoms with van der Waals surface area (Å²) in [5, 5.41) is 3.43. The number of rotatable bonds is 6. The number of nitrogen functional groups attached to an aromatic ring is 2. The molecule has 0 aliphatic heterocycles. The Labute approximate surface area is 98.2 Å². The first kappa shape index (κ1) is 12.7. The summed E-state index contributed by atoms with van der Waals surface area (Å²) < 4.78 is 0. The normalized spacial score (nSPS) is 12.4. The molecule has 0 aliphatic rings. The van der Waals surface area contributed by atoms with E-state index in [-0.39, 0.29) is 0 Å². The van der Waals surface area contributed by atoms with Crippen LogP contribution in [0.15, 0.2) is 18.2 Å². The van der Waals surface area contributed by atoms with Crippen molar-refractivity contribution in [1.82, 2.24) is 0 Å². The summed E-state index contributed by atoms with van der Waals surface area (Å²) >= 11 is 0. The van der Waals surface area contributed by atoms with E-state index in [2.05, 4.69) is 19.2 Å². The zero-order chi connectivity index (χ0) is 12.0. The van der Waals surface area contributed by atoms with Crippen LogP contribution in [0.1, 0.15) is 39.5 Å². The fourth-order valence-electron chi connectivity index (χ4n) is 1.72. The second-order valence-electron chi connectivity index (χ2n) is 4.38. The van der Waals surface area contributed by atoms with Crippen LogP contribution in [0.3, 0.4) is 0 Å². The van der Waals surface area contributed by atoms with Crippen LogP contribution in [0.5, 0.6) is 0 Å². The van der Waals surface area contributed by atoms with Crippen molar-refractivity contribution >= 4 is 17.1 Å². The highest BCUT2D eigenvalue weighted by atomic mass is 14.9. The van der Waals surface area contributed by atoms with Gasteiger partial charge in [-0.05, 0) is 31.5 Å². The zero-order valence-corrected chi connectivity index (χ0v) is 10.3. The minimum atomic E-state index is 0.481. The van der Waals surface area contributed by atoms with Crippen molar-refractivity contribution in [2.24, 2.45) is 0 Å². The van der Waals surface area contributed by atoms with Gasteiger partial charge in [-0.3, -0.25) is 0 Å². The molecule has 16 heavy (non-hydrogen) atoms. The molecule has 5 N–H and O–H groups in total. The minimum absolute atomic E-state index is 0.481. The number of benzene rings is 1. The van der Waals surface area contributed by atoms with Gasteiger partial charge in [-0.1, -0.05) is 26.2 Å². The highest BCUT2D eigenvalue weighted by molar-refractivity contribution is 5.69. The molecule has 1 aromatic rings. The summed E-state index contributed by atoms with van der Waals surface area (Å²) in [5.74, 6) is 0. The second kappa shape index (κ2) is 6.26. The first-order valence-corrected chi connectivity index (χ1v) is 6.05. The quantitative estimate of drug-likeness (QED) is 0.510. The fourth-order valence-corrected chi connectivity index (χ4v) is 1.72. The van der Waals surface area contributed by atoms with E-state index in [1.807, 2.05) is 18.2 Å². The highest BCUT2D eigenvalue weighted by Gasteiger charge is 2.02. The number of hydrogen-bond donors (Lipinski definition) is 3. The monoisotopic (exact) mass is 221 g/mol. The Kier molecular flexibility index (Phi) is 4.96. The predicted octanol–water partition coefficient (Wildman–Crippen LogP) is 3.23. The Morgan fingerprint density at radius 2 is 1.94 bits per heavy atom. The molecule has 0 fully saturated rings. The maximum atomic E-state index is 5.75. The van der Waals surface area contributed by atoms with E-state index in [9.17, 15) is 0 Å². The van der Waals surface area contributed by atoms with Gasteiger partial charge in [0.1, 0.15) is 0 Å². The molecular formula is C13H23N3. The Morgan fingerprint density at radius 3 is 2.56 bits per heavy atom. The summed E-state index contributed by atoms with van der Waals surface area (Å²) in [6.45, 7) is 4.42. The Balaban J connectivity index is 2.43. The molecule has 0 saturated heterocycles. The molecule has 3 heteroatoms. The fraction of sp³-hybridized carbons (Fsp3) is 0.538. The van der Waals surface area contributed by atoms with Crippen molar-refractivity contribution in [3.05, 3.63) is 18.2 Å². The number of unbranched alkanes of at least 4 members (excludes halogenated alkanes) is 2. The summed E-state index contributed by atoms with van der Waals surface area (Å²) in [7, 11) is 0. The molecule has 0 spiro atoms. The lowest BCUT2D eigenvalue weighted by atomic mass is 10.1. The van der Waals surface area contributed by atoms with Crippen molar-refractivity contribution in [2.75, 3.05) is 16.8 Å². The number of anilines is 3. The van der Waals surface area contributed by atoms with E-state index in [0.717, 1.165) is 5.69 Å². The van der Waals surface area contributed by atoms with Crippen molar-refractivity contribution in [1.29, 1.82) is 0 Å². The minimum Gasteiger partial charge on any atom is -0.397 e. The zero-order valence-electron chi connectivity index (χ0n) is 10.3. The van der Waals surface area contributed by atoms with Gasteiger partial charge in [0.2, 0.25) is 0 Å². The number of hydrogen-bond acceptors (Lipinski definition) is 3. The summed E-state index contributed by atoms with van der Waals surface area (Å²) in [5.41, 5.74) is 13.8. The van der Waals surface area contributed by atoms with Gasteiger partial charge in [0.05, 0.1) is 11.4 Å². The van der Waals surface area contributed by atoms with Gasteiger partial charge < -0.3 is 16.8 Å². The van der Waals surface area contributed by atoms with Crippen LogP contribution < -0.4 is 16.8 Å². The first-order valence-electron chi connectivity index (χ1n) is 6.05. The van der Waals surface area contributed by atoms with Gasteiger partial charge in [0.15, 0.2) is 0 Å². The van der Waals surface area contributed by atoms with Crippen LogP contribution in [0.2, 0.25) is 0 Å². The third-order valence-corrected chi connectivity index (χ3v) is 2.74. The van der Waals surface area contributed by atoms with E-state index < -0.39 is 0 Å². The maximum absolute atomic E-state index is 5.75. The van der Waals surface area contributed by atoms with Crippen molar-refractivity contribution in [3.8, 4) is 0 Å². The summed E-state index contributed by atoms with van der Waals surface area (Å²) in [6.07, 6.45) is 5.03. The van der Waals surface area contributed by atoms with E-state index in [4.69, 9.17) is 11.5 Å². The highest BCUT2D eigenvalue weighted by Crippen LogP contribution is 2.20. The largest absolute Gasteiger partial charge is 0.397 e. The predicted molar refractivity (Wildman–Crippen MR) is 72.5 cm³/mol. The van der Waals surface area contributed by atoms with Crippen LogP contribution in [-0.4, -0.2) is 6.04 Å². The summed E-state index contributed by atoms with van der Waals surface area (Å²) in [4.78, 5) is 0. The van der Waals surface area contributed by atoms with Gasteiger partial charge in [0, 0.05) is 11.7 Å². The molecule has 1 atom stereocenters. The van der Waals surface area contributed by atoms with E-state index in [0.29, 0.717) is 17.4 Å². The Morgan fingerprint density at radius 1 is 1.19 bits per heavy atom. The molecule has 0 bridgehead atoms. The SMILES string of the molecule is CCCCCC(C)Nc1ccc(N)c(N)c1. The molecule has 90 valence electrons. The topological polar surface area (TPSA) is 64.1 Å². The first-order chi connectivity index (χ1) is 7.63. The molecule has 0 saturated carbocycles. The third-order valence-electron chi connectivity index (χ3n) is 2.74. The van der Waals surface area contributed by atoms with E-state index in [1.54, 1.807) is 0 Å². The molecule has 0 aromatic heterocycles. The van der Waals surface area contributed by atoms with Gasteiger partial charge >= 0.3 is 0 Å². The van der Waals surface area contributed by atoms with Gasteiger partial charge in [0.25, 0.3) is 0 Å². The molecular weight excluding hydrogens is 198 g/mol. The lowest BCUT2D eigenvalue weighted by Crippen LogP contribution is -2.15. The third kappa shape index (κ3) is 4.01. The molecule has 0 radical (unpaired) electrons. The molecule has 0 amide bonds. The van der Waals surface area contributed by atoms with Crippen LogP contribution in [-0.2, 0) is 0 Å². The van der Waals surface area contributed by atoms with Crippen LogP contribution in [0.4, 0.5) is 17.1 Å². The smallest absolute Gasteiger partial charge is 0.0568 e. The lowest BCUT2D eigenvalue weighted by molar-refractivity contribution is 0.615. The molecule has 0 aliphatic carbocycles. The average molecular weight is 221 g/mol. The molecule has 3 nitrogen and oxygen atoms in total. The second-order valence-corrected chi connectivity index (χ2v) is 4.38. The number of nitrogens with two attached hydrogens (primary N) is 2. The van der Waals surface area contributed by atoms with E-state index in [1.165, 1.54) is 25.7 Å². The molecule has 0 heterocycles. The molecule has 1 aromatic carbocycles. The maximum Gasteiger partial charge on any atom is 0.0568 e. The van der Waals surface area contributed by atoms with Gasteiger partial charge in [-0.25, -0.2) is 0 Å². The van der Waals surface area contributed by atoms with Crippen molar-refractivity contribution < 1.29 is 0 Å². The number of nitrogens with one attached hydrogen (secondary N) is 1. The van der Waals surface area contributed by atoms with Crippen LogP contribution >= 0.6 is 0 Å². The van der Waals surface area contributed by atoms with Crippen LogP contribution in [0.25, 0.3) is 0 Å². The molecule has 1 unspecified atom stereocenters. The van der Waals surface area contributed by atoms with Gasteiger partial charge in [-0.15, -0.1) is 0 Å². The van der Waals surface area contributed by atoms with Gasteiger partial charge in [-0.2, -0.15) is 0 Å². The Bertz CT molecular complexity index is 323. The van der Waals surface area contributed by atoms with Crippen molar-refractivity contribution in [3.63, 3.8) is 0 Å². The summed E-state index contributed by atoms with van der Waals surface area (Å²) in [6, 6.07) is 6.19. The van der Waals surface area contributed by atoms with Crippen molar-refractivity contribution in [2.45, 2.75) is 45.6 Å². The standard InChI is InChI=1S/C13H23N3/c1-3-4-5-6-10(2)16-11-7-8-12(14)13(15)9-11/h7-10,16H,3-6,14-15H2,1-2H3. The average Bonchev–Trinajstić information content (AvgIpc) is 2.24. The van der Waals surface area contributed by atoms with Crippen LogP contribution in [0, 0.1) is 0 Å². The lowest BCUT2D eigenvalue weighted by Gasteiger charge is -2.15.